The zero-order valence-electron chi connectivity index (χ0n) is 11.2. The molecule has 4 nitrogen and oxygen atoms in total. The molecule has 0 aromatic heterocycles. The van der Waals surface area contributed by atoms with Crippen LogP contribution in [0.25, 0.3) is 0 Å². The van der Waals surface area contributed by atoms with E-state index in [0.717, 1.165) is 12.1 Å². The summed E-state index contributed by atoms with van der Waals surface area (Å²) in [6.45, 7) is 1.74. The lowest BCUT2D eigenvalue weighted by molar-refractivity contribution is 0.0696. The number of carboxylic acid groups (broad SMARTS) is 1. The first-order chi connectivity index (χ1) is 9.90. The minimum Gasteiger partial charge on any atom is -0.503 e. The van der Waals surface area contributed by atoms with Crippen molar-refractivity contribution < 1.29 is 23.8 Å². The van der Waals surface area contributed by atoms with Crippen molar-refractivity contribution in [2.75, 3.05) is 5.32 Å². The molecule has 0 atom stereocenters. The first kappa shape index (κ1) is 14.8. The average molecular weight is 293 g/mol. The van der Waals surface area contributed by atoms with Gasteiger partial charge in [-0.1, -0.05) is 6.07 Å². The van der Waals surface area contributed by atoms with Crippen LogP contribution in [0.2, 0.25) is 0 Å². The quantitative estimate of drug-likeness (QED) is 0.809. The van der Waals surface area contributed by atoms with Gasteiger partial charge in [0.1, 0.15) is 0 Å². The van der Waals surface area contributed by atoms with Crippen molar-refractivity contribution in [2.24, 2.45) is 0 Å². The lowest BCUT2D eigenvalue weighted by Crippen LogP contribution is -2.06. The molecule has 0 amide bonds. The predicted octanol–water partition coefficient (Wildman–Crippen LogP) is 3.29. The Morgan fingerprint density at radius 2 is 1.86 bits per heavy atom. The van der Waals surface area contributed by atoms with E-state index in [-0.39, 0.29) is 12.1 Å². The number of halogens is 2. The first-order valence-electron chi connectivity index (χ1n) is 6.14. The normalized spacial score (nSPS) is 10.4. The van der Waals surface area contributed by atoms with Crippen LogP contribution in [0, 0.1) is 18.6 Å². The fourth-order valence-corrected chi connectivity index (χ4v) is 1.98. The number of rotatable bonds is 4. The van der Waals surface area contributed by atoms with E-state index in [1.165, 1.54) is 6.07 Å². The molecule has 0 aliphatic carbocycles. The summed E-state index contributed by atoms with van der Waals surface area (Å²) in [5.41, 5.74) is 1.54. The number of phenols is 1. The monoisotopic (exact) mass is 293 g/mol. The number of anilines is 1. The minimum atomic E-state index is -1.04. The maximum atomic E-state index is 13.2. The molecule has 0 bridgehead atoms. The number of aromatic carboxylic acids is 1. The molecule has 0 fully saturated rings. The molecule has 2 rings (SSSR count). The molecule has 0 aliphatic heterocycles. The molecule has 21 heavy (non-hydrogen) atoms. The zero-order valence-corrected chi connectivity index (χ0v) is 11.2. The molecule has 0 spiro atoms. The Morgan fingerprint density at radius 1 is 1.24 bits per heavy atom. The van der Waals surface area contributed by atoms with Crippen LogP contribution >= 0.6 is 0 Å². The zero-order chi connectivity index (χ0) is 15.6. The van der Waals surface area contributed by atoms with Crippen molar-refractivity contribution in [1.29, 1.82) is 0 Å². The van der Waals surface area contributed by atoms with Gasteiger partial charge in [0.15, 0.2) is 17.4 Å². The van der Waals surface area contributed by atoms with Crippen molar-refractivity contribution in [3.05, 3.63) is 58.7 Å². The molecule has 2 aromatic rings. The standard InChI is InChI=1S/C15H13F2NO3/c1-8-10(15(20)21)3-2-4-13(8)18-7-9-5-11(16)14(19)12(17)6-9/h2-6,18-19H,7H2,1H3,(H,20,21). The van der Waals surface area contributed by atoms with E-state index in [2.05, 4.69) is 5.32 Å². The largest absolute Gasteiger partial charge is 0.503 e. The average Bonchev–Trinajstić information content (AvgIpc) is 2.43. The Labute approximate surface area is 119 Å². The number of aromatic hydroxyl groups is 1. The summed E-state index contributed by atoms with van der Waals surface area (Å²) in [6.07, 6.45) is 0. The second kappa shape index (κ2) is 5.78. The Kier molecular flexibility index (Phi) is 4.07. The Bertz CT molecular complexity index is 678. The third-order valence-corrected chi connectivity index (χ3v) is 3.12. The SMILES string of the molecule is Cc1c(NCc2cc(F)c(O)c(F)c2)cccc1C(=O)O. The molecule has 0 aliphatic rings. The highest BCUT2D eigenvalue weighted by Crippen LogP contribution is 2.23. The second-order valence-corrected chi connectivity index (χ2v) is 4.54. The van der Waals surface area contributed by atoms with Crippen molar-refractivity contribution in [3.63, 3.8) is 0 Å². The van der Waals surface area contributed by atoms with E-state index in [0.29, 0.717) is 16.8 Å². The molecule has 3 N–H and O–H groups in total. The van der Waals surface area contributed by atoms with Crippen LogP contribution in [0.3, 0.4) is 0 Å². The van der Waals surface area contributed by atoms with Crippen LogP contribution in [-0.4, -0.2) is 16.2 Å². The number of hydrogen-bond donors (Lipinski definition) is 3. The summed E-state index contributed by atoms with van der Waals surface area (Å²) in [5, 5.41) is 21.0. The molecule has 0 saturated carbocycles. The summed E-state index contributed by atoms with van der Waals surface area (Å²) in [6, 6.07) is 6.76. The highest BCUT2D eigenvalue weighted by molar-refractivity contribution is 5.91. The van der Waals surface area contributed by atoms with E-state index >= 15 is 0 Å². The van der Waals surface area contributed by atoms with Crippen LogP contribution in [0.15, 0.2) is 30.3 Å². The van der Waals surface area contributed by atoms with Gasteiger partial charge in [0.25, 0.3) is 0 Å². The Morgan fingerprint density at radius 3 is 2.43 bits per heavy atom. The van der Waals surface area contributed by atoms with E-state index in [1.54, 1.807) is 19.1 Å². The highest BCUT2D eigenvalue weighted by atomic mass is 19.1. The van der Waals surface area contributed by atoms with Crippen LogP contribution in [0.1, 0.15) is 21.5 Å². The van der Waals surface area contributed by atoms with Crippen LogP contribution in [0.4, 0.5) is 14.5 Å². The van der Waals surface area contributed by atoms with E-state index in [9.17, 15) is 13.6 Å². The number of benzene rings is 2. The molecule has 0 radical (unpaired) electrons. The lowest BCUT2D eigenvalue weighted by Gasteiger charge is -2.12. The number of carbonyl (C=O) groups is 1. The fraction of sp³-hybridized carbons (Fsp3) is 0.133. The molecular weight excluding hydrogens is 280 g/mol. The summed E-state index contributed by atoms with van der Waals surface area (Å²) >= 11 is 0. The van der Waals surface area contributed by atoms with Crippen molar-refractivity contribution in [3.8, 4) is 5.75 Å². The van der Waals surface area contributed by atoms with Crippen LogP contribution in [0.5, 0.6) is 5.75 Å². The third-order valence-electron chi connectivity index (χ3n) is 3.12. The smallest absolute Gasteiger partial charge is 0.336 e. The van der Waals surface area contributed by atoms with Gasteiger partial charge < -0.3 is 15.5 Å². The molecule has 0 saturated heterocycles. The van der Waals surface area contributed by atoms with Crippen LogP contribution < -0.4 is 5.32 Å². The van der Waals surface area contributed by atoms with Gasteiger partial charge in [0.05, 0.1) is 5.56 Å². The molecular formula is C15H13F2NO3. The summed E-state index contributed by atoms with van der Waals surface area (Å²) in [5.74, 6) is -4.13. The molecule has 0 unspecified atom stereocenters. The van der Waals surface area contributed by atoms with Gasteiger partial charge in [-0.3, -0.25) is 0 Å². The van der Waals surface area contributed by atoms with Crippen LogP contribution in [-0.2, 0) is 6.54 Å². The maximum Gasteiger partial charge on any atom is 0.336 e. The Balaban J connectivity index is 2.21. The van der Waals surface area contributed by atoms with Gasteiger partial charge in [-0.2, -0.15) is 0 Å². The van der Waals surface area contributed by atoms with Crippen molar-refractivity contribution in [1.82, 2.24) is 0 Å². The predicted molar refractivity (Wildman–Crippen MR) is 73.5 cm³/mol. The Hall–Kier alpha value is -2.63. The van der Waals surface area contributed by atoms with Crippen molar-refractivity contribution >= 4 is 11.7 Å². The summed E-state index contributed by atoms with van der Waals surface area (Å²) in [7, 11) is 0. The third kappa shape index (κ3) is 3.10. The van der Waals surface area contributed by atoms with E-state index < -0.39 is 23.4 Å². The summed E-state index contributed by atoms with van der Waals surface area (Å²) < 4.78 is 26.4. The molecule has 110 valence electrons. The van der Waals surface area contributed by atoms with Gasteiger partial charge in [-0.05, 0) is 42.3 Å². The fourth-order valence-electron chi connectivity index (χ4n) is 1.98. The van der Waals surface area contributed by atoms with Gasteiger partial charge in [-0.25, -0.2) is 13.6 Å². The number of hydrogen-bond acceptors (Lipinski definition) is 3. The van der Waals surface area contributed by atoms with E-state index in [1.807, 2.05) is 0 Å². The molecule has 0 heterocycles. The lowest BCUT2D eigenvalue weighted by atomic mass is 10.1. The minimum absolute atomic E-state index is 0.0953. The van der Waals surface area contributed by atoms with Crippen molar-refractivity contribution in [2.45, 2.75) is 13.5 Å². The number of phenolic OH excluding ortho intramolecular Hbond substituents is 1. The number of carboxylic acids is 1. The second-order valence-electron chi connectivity index (χ2n) is 4.54. The van der Waals surface area contributed by atoms with Gasteiger partial charge in [-0.15, -0.1) is 0 Å². The maximum absolute atomic E-state index is 13.2. The topological polar surface area (TPSA) is 69.6 Å². The number of nitrogens with one attached hydrogen (secondary N) is 1. The van der Waals surface area contributed by atoms with Gasteiger partial charge in [0.2, 0.25) is 0 Å². The van der Waals surface area contributed by atoms with Gasteiger partial charge in [0, 0.05) is 12.2 Å². The highest BCUT2D eigenvalue weighted by Gasteiger charge is 2.12. The molecule has 6 heteroatoms. The van der Waals surface area contributed by atoms with E-state index in [4.69, 9.17) is 10.2 Å². The first-order valence-corrected chi connectivity index (χ1v) is 6.14. The molecule has 2 aromatic carbocycles. The van der Waals surface area contributed by atoms with Gasteiger partial charge >= 0.3 is 5.97 Å². The summed E-state index contributed by atoms with van der Waals surface area (Å²) in [4.78, 5) is 11.0.